The lowest BCUT2D eigenvalue weighted by Crippen LogP contribution is -2.15. The Morgan fingerprint density at radius 3 is 2.62 bits per heavy atom. The molecule has 0 spiro atoms. The summed E-state index contributed by atoms with van der Waals surface area (Å²) < 4.78 is 5.69. The second kappa shape index (κ2) is 9.89. The average Bonchev–Trinajstić information content (AvgIpc) is 2.72. The van der Waals surface area contributed by atoms with Crippen molar-refractivity contribution < 1.29 is 9.84 Å². The van der Waals surface area contributed by atoms with E-state index in [1.54, 1.807) is 18.5 Å². The fraction of sp³-hybridized carbons (Fsp3) is 0.304. The number of nitrogens with one attached hydrogen (secondary N) is 1. The molecule has 3 aromatic rings. The van der Waals surface area contributed by atoms with Gasteiger partial charge in [-0.2, -0.15) is 0 Å². The van der Waals surface area contributed by atoms with Crippen LogP contribution in [0.25, 0.3) is 11.4 Å². The van der Waals surface area contributed by atoms with Crippen LogP contribution < -0.4 is 10.1 Å². The summed E-state index contributed by atoms with van der Waals surface area (Å²) in [7, 11) is 4.09. The Morgan fingerprint density at radius 1 is 1.07 bits per heavy atom. The first-order valence-corrected chi connectivity index (χ1v) is 9.73. The fourth-order valence-electron chi connectivity index (χ4n) is 2.92. The van der Waals surface area contributed by atoms with Gasteiger partial charge in [-0.05, 0) is 56.8 Å². The molecule has 0 bridgehead atoms. The minimum Gasteiger partial charge on any atom is -0.506 e. The van der Waals surface area contributed by atoms with E-state index in [0.29, 0.717) is 24.7 Å². The van der Waals surface area contributed by atoms with Crippen molar-refractivity contribution in [3.05, 3.63) is 66.0 Å². The van der Waals surface area contributed by atoms with E-state index in [2.05, 4.69) is 20.2 Å². The first kappa shape index (κ1) is 20.6. The molecule has 1 heterocycles. The van der Waals surface area contributed by atoms with Crippen molar-refractivity contribution in [2.24, 2.45) is 0 Å². The Kier molecular flexibility index (Phi) is 7.03. The van der Waals surface area contributed by atoms with Gasteiger partial charge in [-0.3, -0.25) is 0 Å². The summed E-state index contributed by atoms with van der Waals surface area (Å²) in [5.74, 6) is 1.59. The van der Waals surface area contributed by atoms with Crippen LogP contribution in [0, 0.1) is 6.92 Å². The summed E-state index contributed by atoms with van der Waals surface area (Å²) in [4.78, 5) is 11.0. The molecule has 0 aliphatic rings. The molecule has 3 rings (SSSR count). The lowest BCUT2D eigenvalue weighted by molar-refractivity contribution is 0.280. The second-order valence-corrected chi connectivity index (χ2v) is 7.32. The number of benzene rings is 2. The van der Waals surface area contributed by atoms with Gasteiger partial charge in [-0.15, -0.1) is 0 Å². The summed E-state index contributed by atoms with van der Waals surface area (Å²) >= 11 is 0. The molecule has 0 unspecified atom stereocenters. The summed E-state index contributed by atoms with van der Waals surface area (Å²) in [6.07, 6.45) is 4.39. The van der Waals surface area contributed by atoms with Gasteiger partial charge in [0.25, 0.3) is 0 Å². The van der Waals surface area contributed by atoms with Gasteiger partial charge in [-0.1, -0.05) is 24.3 Å². The molecule has 1 aromatic heterocycles. The zero-order valence-corrected chi connectivity index (χ0v) is 17.2. The van der Waals surface area contributed by atoms with Crippen LogP contribution in [0.15, 0.2) is 54.9 Å². The minimum absolute atomic E-state index is 0.247. The van der Waals surface area contributed by atoms with Gasteiger partial charge in [0.1, 0.15) is 5.75 Å². The van der Waals surface area contributed by atoms with Crippen LogP contribution in [-0.2, 0) is 6.54 Å². The summed E-state index contributed by atoms with van der Waals surface area (Å²) in [6, 6.07) is 13.6. The monoisotopic (exact) mass is 392 g/mol. The minimum atomic E-state index is 0.247. The van der Waals surface area contributed by atoms with E-state index < -0.39 is 0 Å². The van der Waals surface area contributed by atoms with Crippen LogP contribution in [-0.4, -0.2) is 47.2 Å². The smallest absolute Gasteiger partial charge is 0.159 e. The highest BCUT2D eigenvalue weighted by Crippen LogP contribution is 2.25. The third-order valence-electron chi connectivity index (χ3n) is 4.47. The van der Waals surface area contributed by atoms with Gasteiger partial charge < -0.3 is 20.1 Å². The summed E-state index contributed by atoms with van der Waals surface area (Å²) in [5, 5.41) is 13.3. The predicted molar refractivity (Wildman–Crippen MR) is 116 cm³/mol. The Morgan fingerprint density at radius 2 is 1.86 bits per heavy atom. The third kappa shape index (κ3) is 6.19. The first-order chi connectivity index (χ1) is 14.0. The van der Waals surface area contributed by atoms with Crippen molar-refractivity contribution in [1.29, 1.82) is 0 Å². The molecule has 2 N–H and O–H groups in total. The molecule has 6 heteroatoms. The van der Waals surface area contributed by atoms with E-state index in [9.17, 15) is 5.11 Å². The molecule has 152 valence electrons. The van der Waals surface area contributed by atoms with E-state index in [-0.39, 0.29) is 5.75 Å². The van der Waals surface area contributed by atoms with E-state index in [0.717, 1.165) is 35.3 Å². The van der Waals surface area contributed by atoms with Gasteiger partial charge in [0, 0.05) is 18.7 Å². The highest BCUT2D eigenvalue weighted by molar-refractivity contribution is 5.59. The van der Waals surface area contributed by atoms with Gasteiger partial charge in [-0.25, -0.2) is 9.97 Å². The summed E-state index contributed by atoms with van der Waals surface area (Å²) in [6.45, 7) is 4.23. The molecule has 0 radical (unpaired) electrons. The SMILES string of the molecule is Cc1ccc(O)c(NCc2cccc(-c3ncc(OCCCN(C)C)cn3)c2)c1. The van der Waals surface area contributed by atoms with Crippen LogP contribution in [0.5, 0.6) is 11.5 Å². The zero-order chi connectivity index (χ0) is 20.6. The van der Waals surface area contributed by atoms with E-state index in [1.807, 2.05) is 57.4 Å². The number of phenols is 1. The standard InChI is InChI=1S/C23H28N4O2/c1-17-8-9-22(28)21(12-17)24-14-18-6-4-7-19(13-18)23-25-15-20(16-26-23)29-11-5-10-27(2)3/h4,6-9,12-13,15-16,24,28H,5,10-11,14H2,1-3H3. The molecule has 0 aliphatic heterocycles. The molecule has 2 aromatic carbocycles. The van der Waals surface area contributed by atoms with Crippen LogP contribution in [0.3, 0.4) is 0 Å². The molecule has 0 fully saturated rings. The maximum absolute atomic E-state index is 9.98. The maximum atomic E-state index is 9.98. The molecule has 0 saturated heterocycles. The van der Waals surface area contributed by atoms with Gasteiger partial charge in [0.05, 0.1) is 24.7 Å². The predicted octanol–water partition coefficient (Wildman–Crippen LogP) is 4.10. The van der Waals surface area contributed by atoms with Gasteiger partial charge in [0.15, 0.2) is 11.6 Å². The van der Waals surface area contributed by atoms with Crippen molar-refractivity contribution in [2.75, 3.05) is 32.6 Å². The molecule has 0 amide bonds. The molecule has 6 nitrogen and oxygen atoms in total. The lowest BCUT2D eigenvalue weighted by atomic mass is 10.1. The van der Waals surface area contributed by atoms with Crippen LogP contribution in [0.2, 0.25) is 0 Å². The zero-order valence-electron chi connectivity index (χ0n) is 17.2. The number of hydrogen-bond donors (Lipinski definition) is 2. The Hall–Kier alpha value is -3.12. The Labute approximate surface area is 172 Å². The normalized spacial score (nSPS) is 10.9. The number of phenolic OH excluding ortho intramolecular Hbond substituents is 1. The van der Waals surface area contributed by atoms with Crippen LogP contribution in [0.1, 0.15) is 17.5 Å². The average molecular weight is 393 g/mol. The van der Waals surface area contributed by atoms with Crippen molar-refractivity contribution in [3.8, 4) is 22.9 Å². The quantitative estimate of drug-likeness (QED) is 0.422. The number of anilines is 1. The Balaban J connectivity index is 1.60. The Bertz CT molecular complexity index is 926. The number of nitrogens with zero attached hydrogens (tertiary/aromatic N) is 3. The van der Waals surface area contributed by atoms with Crippen molar-refractivity contribution in [1.82, 2.24) is 14.9 Å². The van der Waals surface area contributed by atoms with E-state index >= 15 is 0 Å². The molecular weight excluding hydrogens is 364 g/mol. The number of ether oxygens (including phenoxy) is 1. The number of aromatic nitrogens is 2. The van der Waals surface area contributed by atoms with Crippen LogP contribution >= 0.6 is 0 Å². The van der Waals surface area contributed by atoms with Gasteiger partial charge in [0.2, 0.25) is 0 Å². The van der Waals surface area contributed by atoms with Crippen molar-refractivity contribution in [2.45, 2.75) is 19.9 Å². The molecule has 29 heavy (non-hydrogen) atoms. The van der Waals surface area contributed by atoms with Crippen molar-refractivity contribution in [3.63, 3.8) is 0 Å². The van der Waals surface area contributed by atoms with E-state index in [4.69, 9.17) is 4.74 Å². The number of aryl methyl sites for hydroxylation is 1. The lowest BCUT2D eigenvalue weighted by Gasteiger charge is -2.11. The molecule has 0 aliphatic carbocycles. The summed E-state index contributed by atoms with van der Waals surface area (Å²) in [5.41, 5.74) is 3.84. The highest BCUT2D eigenvalue weighted by atomic mass is 16.5. The third-order valence-corrected chi connectivity index (χ3v) is 4.47. The van der Waals surface area contributed by atoms with E-state index in [1.165, 1.54) is 0 Å². The first-order valence-electron chi connectivity index (χ1n) is 9.73. The molecular formula is C23H28N4O2. The van der Waals surface area contributed by atoms with Crippen LogP contribution in [0.4, 0.5) is 5.69 Å². The van der Waals surface area contributed by atoms with Crippen molar-refractivity contribution >= 4 is 5.69 Å². The largest absolute Gasteiger partial charge is 0.506 e. The highest BCUT2D eigenvalue weighted by Gasteiger charge is 2.05. The van der Waals surface area contributed by atoms with Gasteiger partial charge >= 0.3 is 0 Å². The number of rotatable bonds is 9. The second-order valence-electron chi connectivity index (χ2n) is 7.32. The fourth-order valence-corrected chi connectivity index (χ4v) is 2.92. The number of hydrogen-bond acceptors (Lipinski definition) is 6. The topological polar surface area (TPSA) is 70.5 Å². The number of aromatic hydroxyl groups is 1. The maximum Gasteiger partial charge on any atom is 0.159 e. The molecule has 0 saturated carbocycles. The molecule has 0 atom stereocenters.